The van der Waals surface area contributed by atoms with E-state index in [1.54, 1.807) is 0 Å². The lowest BCUT2D eigenvalue weighted by atomic mass is 10.1. The summed E-state index contributed by atoms with van der Waals surface area (Å²) in [6.07, 6.45) is 2.80. The average molecular weight is 327 g/mol. The molecule has 0 aliphatic carbocycles. The van der Waals surface area contributed by atoms with Crippen molar-refractivity contribution in [1.29, 1.82) is 0 Å². The topological polar surface area (TPSA) is 58.4 Å². The monoisotopic (exact) mass is 327 g/mol. The van der Waals surface area contributed by atoms with Crippen LogP contribution < -0.4 is 5.32 Å². The Morgan fingerprint density at radius 2 is 2.21 bits per heavy atom. The summed E-state index contributed by atoms with van der Waals surface area (Å²) in [5, 5.41) is 7.26. The molecular formula is C19H25N3O2. The molecule has 1 atom stereocenters. The normalized spacial score (nSPS) is 17.5. The number of aromatic nitrogens is 1. The maximum atomic E-state index is 12.8. The minimum absolute atomic E-state index is 0.00459. The molecule has 2 aromatic rings. The Hall–Kier alpha value is -2.30. The molecule has 1 aliphatic heterocycles. The van der Waals surface area contributed by atoms with Crippen LogP contribution >= 0.6 is 0 Å². The zero-order valence-electron chi connectivity index (χ0n) is 14.6. The summed E-state index contributed by atoms with van der Waals surface area (Å²) in [5.74, 6) is 1.17. The highest BCUT2D eigenvalue weighted by molar-refractivity contribution is 5.90. The van der Waals surface area contributed by atoms with Crippen molar-refractivity contribution in [1.82, 2.24) is 10.1 Å². The molecule has 5 nitrogen and oxygen atoms in total. The Bertz CT molecular complexity index is 708. The SMILES string of the molecule is CCc1ccccc1NC(=O)N1CCCC1c1cc(C(C)C)on1. The van der Waals surface area contributed by atoms with E-state index in [0.29, 0.717) is 5.92 Å². The second-order valence-corrected chi connectivity index (χ2v) is 6.60. The maximum absolute atomic E-state index is 12.8. The Morgan fingerprint density at radius 3 is 2.92 bits per heavy atom. The van der Waals surface area contributed by atoms with Gasteiger partial charge in [0.05, 0.1) is 6.04 Å². The van der Waals surface area contributed by atoms with Crippen LogP contribution in [0.5, 0.6) is 0 Å². The molecule has 5 heteroatoms. The van der Waals surface area contributed by atoms with Gasteiger partial charge in [-0.05, 0) is 30.9 Å². The fourth-order valence-corrected chi connectivity index (χ4v) is 3.19. The van der Waals surface area contributed by atoms with Gasteiger partial charge < -0.3 is 14.7 Å². The molecule has 2 amide bonds. The summed E-state index contributed by atoms with van der Waals surface area (Å²) in [6, 6.07) is 9.86. The number of nitrogens with zero attached hydrogens (tertiary/aromatic N) is 2. The Morgan fingerprint density at radius 1 is 1.42 bits per heavy atom. The molecule has 1 aliphatic rings. The van der Waals surface area contributed by atoms with Crippen LogP contribution in [0.25, 0.3) is 0 Å². The predicted octanol–water partition coefficient (Wildman–Crippen LogP) is 4.73. The minimum atomic E-state index is -0.0625. The summed E-state index contributed by atoms with van der Waals surface area (Å²) < 4.78 is 5.41. The first-order valence-corrected chi connectivity index (χ1v) is 8.72. The number of urea groups is 1. The number of rotatable bonds is 4. The highest BCUT2D eigenvalue weighted by Gasteiger charge is 2.32. The van der Waals surface area contributed by atoms with Crippen molar-refractivity contribution in [2.45, 2.75) is 52.0 Å². The number of para-hydroxylation sites is 1. The summed E-state index contributed by atoms with van der Waals surface area (Å²) in [6.45, 7) is 6.98. The fraction of sp³-hybridized carbons (Fsp3) is 0.474. The molecule has 0 saturated carbocycles. The molecule has 1 aromatic heterocycles. The van der Waals surface area contributed by atoms with E-state index in [-0.39, 0.29) is 12.1 Å². The van der Waals surface area contributed by atoms with Gasteiger partial charge in [-0.25, -0.2) is 4.79 Å². The number of likely N-dealkylation sites (tertiary alicyclic amines) is 1. The second kappa shape index (κ2) is 7.07. The minimum Gasteiger partial charge on any atom is -0.361 e. The van der Waals surface area contributed by atoms with E-state index in [4.69, 9.17) is 4.52 Å². The molecule has 128 valence electrons. The van der Waals surface area contributed by atoms with Crippen molar-refractivity contribution < 1.29 is 9.32 Å². The van der Waals surface area contributed by atoms with Crippen molar-refractivity contribution >= 4 is 11.7 Å². The van der Waals surface area contributed by atoms with E-state index in [0.717, 1.165) is 48.5 Å². The number of amides is 2. The number of hydrogen-bond donors (Lipinski definition) is 1. The first kappa shape index (κ1) is 16.6. The van der Waals surface area contributed by atoms with Crippen LogP contribution in [0.1, 0.15) is 62.6 Å². The number of benzene rings is 1. The molecular weight excluding hydrogens is 302 g/mol. The third-order valence-electron chi connectivity index (χ3n) is 4.61. The molecule has 1 saturated heterocycles. The van der Waals surface area contributed by atoms with Crippen molar-refractivity contribution in [3.8, 4) is 0 Å². The highest BCUT2D eigenvalue weighted by atomic mass is 16.5. The molecule has 3 rings (SSSR count). The molecule has 0 radical (unpaired) electrons. The number of aryl methyl sites for hydroxylation is 1. The predicted molar refractivity (Wildman–Crippen MR) is 94.1 cm³/mol. The largest absolute Gasteiger partial charge is 0.361 e. The molecule has 1 N–H and O–H groups in total. The lowest BCUT2D eigenvalue weighted by molar-refractivity contribution is 0.204. The lowest BCUT2D eigenvalue weighted by Gasteiger charge is -2.24. The number of carbonyl (C=O) groups is 1. The van der Waals surface area contributed by atoms with Gasteiger partial charge in [0.15, 0.2) is 0 Å². The van der Waals surface area contributed by atoms with Crippen LogP contribution in [0.2, 0.25) is 0 Å². The maximum Gasteiger partial charge on any atom is 0.322 e. The van der Waals surface area contributed by atoms with E-state index < -0.39 is 0 Å². The van der Waals surface area contributed by atoms with Crippen molar-refractivity contribution in [2.75, 3.05) is 11.9 Å². The quantitative estimate of drug-likeness (QED) is 0.883. The second-order valence-electron chi connectivity index (χ2n) is 6.60. The van der Waals surface area contributed by atoms with Gasteiger partial charge >= 0.3 is 6.03 Å². The van der Waals surface area contributed by atoms with Crippen LogP contribution in [-0.2, 0) is 6.42 Å². The van der Waals surface area contributed by atoms with E-state index in [2.05, 4.69) is 31.2 Å². The first-order chi connectivity index (χ1) is 11.6. The molecule has 0 spiro atoms. The van der Waals surface area contributed by atoms with Gasteiger partial charge in [-0.2, -0.15) is 0 Å². The number of hydrogen-bond acceptors (Lipinski definition) is 3. The van der Waals surface area contributed by atoms with Crippen LogP contribution in [0.3, 0.4) is 0 Å². The van der Waals surface area contributed by atoms with Crippen molar-refractivity contribution in [3.05, 3.63) is 47.3 Å². The zero-order chi connectivity index (χ0) is 17.1. The van der Waals surface area contributed by atoms with Gasteiger partial charge in [-0.3, -0.25) is 0 Å². The van der Waals surface area contributed by atoms with E-state index in [9.17, 15) is 4.79 Å². The number of anilines is 1. The van der Waals surface area contributed by atoms with Gasteiger partial charge in [0.25, 0.3) is 0 Å². The van der Waals surface area contributed by atoms with E-state index in [1.807, 2.05) is 35.2 Å². The molecule has 1 aromatic carbocycles. The van der Waals surface area contributed by atoms with Gasteiger partial charge in [-0.15, -0.1) is 0 Å². The van der Waals surface area contributed by atoms with E-state index >= 15 is 0 Å². The molecule has 1 unspecified atom stereocenters. The molecule has 0 bridgehead atoms. The standard InChI is InChI=1S/C19H25N3O2/c1-4-14-8-5-6-9-15(14)20-19(23)22-11-7-10-17(22)16-12-18(13(2)3)24-21-16/h5-6,8-9,12-13,17H,4,7,10-11H2,1-3H3,(H,20,23). The number of carbonyl (C=O) groups excluding carboxylic acids is 1. The third kappa shape index (κ3) is 3.30. The Labute approximate surface area is 143 Å². The molecule has 2 heterocycles. The van der Waals surface area contributed by atoms with Crippen LogP contribution in [0.15, 0.2) is 34.9 Å². The van der Waals surface area contributed by atoms with Gasteiger partial charge in [0, 0.05) is 24.2 Å². The Balaban J connectivity index is 1.76. The van der Waals surface area contributed by atoms with Crippen LogP contribution in [0.4, 0.5) is 10.5 Å². The Kier molecular flexibility index (Phi) is 4.88. The first-order valence-electron chi connectivity index (χ1n) is 8.72. The lowest BCUT2D eigenvalue weighted by Crippen LogP contribution is -2.34. The van der Waals surface area contributed by atoms with Crippen molar-refractivity contribution in [3.63, 3.8) is 0 Å². The summed E-state index contributed by atoms with van der Waals surface area (Å²) >= 11 is 0. The van der Waals surface area contributed by atoms with Crippen LogP contribution in [-0.4, -0.2) is 22.6 Å². The smallest absolute Gasteiger partial charge is 0.322 e. The summed E-state index contributed by atoms with van der Waals surface area (Å²) in [7, 11) is 0. The molecule has 1 fully saturated rings. The van der Waals surface area contributed by atoms with Gasteiger partial charge in [-0.1, -0.05) is 44.1 Å². The third-order valence-corrected chi connectivity index (χ3v) is 4.61. The highest BCUT2D eigenvalue weighted by Crippen LogP contribution is 2.33. The number of nitrogens with one attached hydrogen (secondary N) is 1. The van der Waals surface area contributed by atoms with Crippen LogP contribution in [0, 0.1) is 0 Å². The van der Waals surface area contributed by atoms with Gasteiger partial charge in [0.1, 0.15) is 11.5 Å². The zero-order valence-corrected chi connectivity index (χ0v) is 14.6. The summed E-state index contributed by atoms with van der Waals surface area (Å²) in [5.41, 5.74) is 2.89. The van der Waals surface area contributed by atoms with Gasteiger partial charge in [0.2, 0.25) is 0 Å². The average Bonchev–Trinajstić information content (AvgIpc) is 3.24. The molecule has 24 heavy (non-hydrogen) atoms. The summed E-state index contributed by atoms with van der Waals surface area (Å²) in [4.78, 5) is 14.6. The van der Waals surface area contributed by atoms with Crippen molar-refractivity contribution in [2.24, 2.45) is 0 Å². The van der Waals surface area contributed by atoms with E-state index in [1.165, 1.54) is 0 Å². The fourth-order valence-electron chi connectivity index (χ4n) is 3.19.